The SMILES string of the molecule is COc1ccc2cc(CN(C)C(=O)COC(=O)c3cccc(Cl)c3N)ccc2c1. The van der Waals surface area contributed by atoms with Gasteiger partial charge in [0.05, 0.1) is 23.4 Å². The van der Waals surface area contributed by atoms with Gasteiger partial charge in [0.2, 0.25) is 0 Å². The van der Waals surface area contributed by atoms with Crippen LogP contribution in [0.3, 0.4) is 0 Å². The third kappa shape index (κ3) is 4.78. The van der Waals surface area contributed by atoms with Crippen molar-refractivity contribution in [1.29, 1.82) is 0 Å². The molecule has 1 amide bonds. The molecular formula is C22H21ClN2O4. The van der Waals surface area contributed by atoms with Crippen LogP contribution >= 0.6 is 11.6 Å². The van der Waals surface area contributed by atoms with Crippen molar-refractivity contribution in [1.82, 2.24) is 4.90 Å². The van der Waals surface area contributed by atoms with Crippen LogP contribution in [0.15, 0.2) is 54.6 Å². The number of anilines is 1. The number of benzene rings is 3. The van der Waals surface area contributed by atoms with E-state index in [1.807, 2.05) is 36.4 Å². The van der Waals surface area contributed by atoms with Crippen molar-refractivity contribution in [3.05, 3.63) is 70.7 Å². The Morgan fingerprint density at radius 2 is 1.79 bits per heavy atom. The molecule has 6 nitrogen and oxygen atoms in total. The first-order valence-electron chi connectivity index (χ1n) is 8.91. The van der Waals surface area contributed by atoms with Gasteiger partial charge in [-0.3, -0.25) is 4.79 Å². The molecule has 0 aromatic heterocycles. The predicted octanol–water partition coefficient (Wildman–Crippen LogP) is 3.90. The minimum atomic E-state index is -0.689. The zero-order chi connectivity index (χ0) is 21.0. The second-order valence-electron chi connectivity index (χ2n) is 6.57. The number of para-hydroxylation sites is 1. The third-order valence-corrected chi connectivity index (χ3v) is 4.89. The Kier molecular flexibility index (Phi) is 6.24. The Hall–Kier alpha value is -3.25. The van der Waals surface area contributed by atoms with E-state index in [0.29, 0.717) is 6.54 Å². The van der Waals surface area contributed by atoms with Gasteiger partial charge in [0, 0.05) is 13.6 Å². The van der Waals surface area contributed by atoms with Crippen LogP contribution in [-0.4, -0.2) is 37.5 Å². The van der Waals surface area contributed by atoms with E-state index < -0.39 is 5.97 Å². The van der Waals surface area contributed by atoms with Crippen molar-refractivity contribution >= 4 is 39.9 Å². The Morgan fingerprint density at radius 3 is 2.55 bits per heavy atom. The molecule has 7 heteroatoms. The van der Waals surface area contributed by atoms with Gasteiger partial charge in [0.25, 0.3) is 5.91 Å². The number of carbonyl (C=O) groups excluding carboxylic acids is 2. The average Bonchev–Trinajstić information content (AvgIpc) is 2.73. The quantitative estimate of drug-likeness (QED) is 0.490. The highest BCUT2D eigenvalue weighted by molar-refractivity contribution is 6.33. The van der Waals surface area contributed by atoms with E-state index in [1.54, 1.807) is 26.3 Å². The number of halogens is 1. The number of nitrogens with zero attached hydrogens (tertiary/aromatic N) is 1. The fourth-order valence-corrected chi connectivity index (χ4v) is 3.07. The van der Waals surface area contributed by atoms with E-state index >= 15 is 0 Å². The fraction of sp³-hybridized carbons (Fsp3) is 0.182. The van der Waals surface area contributed by atoms with Crippen LogP contribution < -0.4 is 10.5 Å². The monoisotopic (exact) mass is 412 g/mol. The summed E-state index contributed by atoms with van der Waals surface area (Å²) in [6.07, 6.45) is 0. The molecule has 0 heterocycles. The number of nitrogens with two attached hydrogens (primary N) is 1. The second kappa shape index (κ2) is 8.84. The van der Waals surface area contributed by atoms with E-state index in [-0.39, 0.29) is 28.8 Å². The van der Waals surface area contributed by atoms with Gasteiger partial charge in [-0.2, -0.15) is 0 Å². The van der Waals surface area contributed by atoms with Crippen molar-refractivity contribution in [2.24, 2.45) is 0 Å². The first kappa shape index (κ1) is 20.5. The molecular weight excluding hydrogens is 392 g/mol. The molecule has 3 aromatic carbocycles. The molecule has 0 aliphatic heterocycles. The lowest BCUT2D eigenvalue weighted by atomic mass is 10.1. The number of esters is 1. The largest absolute Gasteiger partial charge is 0.497 e. The molecule has 3 rings (SSSR count). The maximum Gasteiger partial charge on any atom is 0.340 e. The van der Waals surface area contributed by atoms with Crippen molar-refractivity contribution < 1.29 is 19.1 Å². The molecule has 0 unspecified atom stereocenters. The standard InChI is InChI=1S/C22H21ClN2O4/c1-25(12-14-6-7-16-11-17(28-2)9-8-15(16)10-14)20(26)13-29-22(27)18-4-3-5-19(23)21(18)24/h3-11H,12-13,24H2,1-2H3. The summed E-state index contributed by atoms with van der Waals surface area (Å²) in [5.41, 5.74) is 7.01. The van der Waals surface area contributed by atoms with Gasteiger partial charge in [0.1, 0.15) is 5.75 Å². The number of ether oxygens (including phenoxy) is 2. The highest BCUT2D eigenvalue weighted by Crippen LogP contribution is 2.24. The topological polar surface area (TPSA) is 81.9 Å². The summed E-state index contributed by atoms with van der Waals surface area (Å²) in [6.45, 7) is 0.00369. The molecule has 3 aromatic rings. The summed E-state index contributed by atoms with van der Waals surface area (Å²) in [5, 5.41) is 2.36. The van der Waals surface area contributed by atoms with E-state index in [9.17, 15) is 9.59 Å². The molecule has 2 N–H and O–H groups in total. The van der Waals surface area contributed by atoms with Crippen molar-refractivity contribution in [2.45, 2.75) is 6.54 Å². The highest BCUT2D eigenvalue weighted by Gasteiger charge is 2.17. The minimum Gasteiger partial charge on any atom is -0.497 e. The lowest BCUT2D eigenvalue weighted by Crippen LogP contribution is -2.30. The first-order valence-corrected chi connectivity index (χ1v) is 9.28. The van der Waals surface area contributed by atoms with Crippen LogP contribution in [0.25, 0.3) is 10.8 Å². The second-order valence-corrected chi connectivity index (χ2v) is 6.98. The Balaban J connectivity index is 1.61. The van der Waals surface area contributed by atoms with Crippen LogP contribution in [0.4, 0.5) is 5.69 Å². The van der Waals surface area contributed by atoms with Gasteiger partial charge in [-0.05, 0) is 46.7 Å². The molecule has 0 radical (unpaired) electrons. The Labute approximate surface area is 173 Å². The minimum absolute atomic E-state index is 0.132. The van der Waals surface area contributed by atoms with E-state index in [2.05, 4.69) is 0 Å². The molecule has 0 spiro atoms. The summed E-state index contributed by atoms with van der Waals surface area (Å²) < 4.78 is 10.3. The fourth-order valence-electron chi connectivity index (χ4n) is 2.89. The average molecular weight is 413 g/mol. The van der Waals surface area contributed by atoms with Gasteiger partial charge in [-0.25, -0.2) is 4.79 Å². The van der Waals surface area contributed by atoms with Crippen molar-refractivity contribution in [3.63, 3.8) is 0 Å². The number of nitrogen functional groups attached to an aromatic ring is 1. The van der Waals surface area contributed by atoms with Crippen LogP contribution in [-0.2, 0) is 16.1 Å². The van der Waals surface area contributed by atoms with Gasteiger partial charge in [-0.1, -0.05) is 35.9 Å². The number of hydrogen-bond donors (Lipinski definition) is 1. The summed E-state index contributed by atoms with van der Waals surface area (Å²) in [6, 6.07) is 16.4. The third-order valence-electron chi connectivity index (χ3n) is 4.56. The van der Waals surface area contributed by atoms with Gasteiger partial charge in [0.15, 0.2) is 6.61 Å². The molecule has 0 atom stereocenters. The molecule has 150 valence electrons. The summed E-state index contributed by atoms with van der Waals surface area (Å²) in [7, 11) is 3.28. The summed E-state index contributed by atoms with van der Waals surface area (Å²) >= 11 is 5.90. The lowest BCUT2D eigenvalue weighted by molar-refractivity contribution is -0.133. The van der Waals surface area contributed by atoms with Crippen LogP contribution in [0.5, 0.6) is 5.75 Å². The zero-order valence-corrected chi connectivity index (χ0v) is 16.9. The first-order chi connectivity index (χ1) is 13.9. The Morgan fingerprint density at radius 1 is 1.07 bits per heavy atom. The molecule has 0 fully saturated rings. The number of rotatable bonds is 6. The molecule has 0 aliphatic carbocycles. The van der Waals surface area contributed by atoms with Gasteiger partial charge < -0.3 is 20.1 Å². The number of carbonyl (C=O) groups is 2. The van der Waals surface area contributed by atoms with Gasteiger partial charge in [-0.15, -0.1) is 0 Å². The Bertz CT molecular complexity index is 1070. The molecule has 0 saturated heterocycles. The summed E-state index contributed by atoms with van der Waals surface area (Å²) in [4.78, 5) is 26.0. The number of amides is 1. The molecule has 0 bridgehead atoms. The number of methoxy groups -OCH3 is 1. The maximum absolute atomic E-state index is 12.4. The van der Waals surface area contributed by atoms with Crippen LogP contribution in [0.2, 0.25) is 5.02 Å². The predicted molar refractivity (Wildman–Crippen MR) is 113 cm³/mol. The normalized spacial score (nSPS) is 10.6. The van der Waals surface area contributed by atoms with E-state index in [1.165, 1.54) is 11.0 Å². The van der Waals surface area contributed by atoms with Crippen molar-refractivity contribution in [2.75, 3.05) is 26.5 Å². The van der Waals surface area contributed by atoms with E-state index in [4.69, 9.17) is 26.8 Å². The lowest BCUT2D eigenvalue weighted by Gasteiger charge is -2.18. The molecule has 0 saturated carbocycles. The highest BCUT2D eigenvalue weighted by atomic mass is 35.5. The molecule has 29 heavy (non-hydrogen) atoms. The smallest absolute Gasteiger partial charge is 0.340 e. The van der Waals surface area contributed by atoms with Crippen LogP contribution in [0.1, 0.15) is 15.9 Å². The van der Waals surface area contributed by atoms with E-state index in [0.717, 1.165) is 22.1 Å². The summed E-state index contributed by atoms with van der Waals surface area (Å²) in [5.74, 6) is -0.222. The van der Waals surface area contributed by atoms with Gasteiger partial charge >= 0.3 is 5.97 Å². The van der Waals surface area contributed by atoms with Crippen LogP contribution in [0, 0.1) is 0 Å². The molecule has 0 aliphatic rings. The number of fused-ring (bicyclic) bond motifs is 1. The zero-order valence-electron chi connectivity index (χ0n) is 16.1. The number of hydrogen-bond acceptors (Lipinski definition) is 5. The number of likely N-dealkylation sites (N-methyl/N-ethyl adjacent to an activating group) is 1. The van der Waals surface area contributed by atoms with Crippen molar-refractivity contribution in [3.8, 4) is 5.75 Å². The maximum atomic E-state index is 12.4.